The number of phenols is 2. The van der Waals surface area contributed by atoms with E-state index in [-0.39, 0.29) is 17.1 Å². The van der Waals surface area contributed by atoms with Crippen molar-refractivity contribution in [3.8, 4) is 11.5 Å². The second-order valence-electron chi connectivity index (χ2n) is 5.14. The molecule has 3 N–H and O–H groups in total. The van der Waals surface area contributed by atoms with Crippen molar-refractivity contribution in [2.45, 2.75) is 58.3 Å². The minimum atomic E-state index is -1.07. The third-order valence-electron chi connectivity index (χ3n) is 3.52. The molecule has 1 aromatic rings. The molecule has 0 unspecified atom stereocenters. The summed E-state index contributed by atoms with van der Waals surface area (Å²) in [6.07, 6.45) is 8.37. The number of aromatic carboxylic acids is 1. The van der Waals surface area contributed by atoms with E-state index in [1.165, 1.54) is 37.8 Å². The lowest BCUT2D eigenvalue weighted by Crippen LogP contribution is -2.03. The summed E-state index contributed by atoms with van der Waals surface area (Å²) in [6, 6.07) is 2.56. The third kappa shape index (κ3) is 4.76. The van der Waals surface area contributed by atoms with Crippen molar-refractivity contribution in [1.29, 1.82) is 0 Å². The average molecular weight is 280 g/mol. The lowest BCUT2D eigenvalue weighted by atomic mass is 9.99. The molecule has 0 aliphatic carbocycles. The van der Waals surface area contributed by atoms with Crippen molar-refractivity contribution in [2.24, 2.45) is 0 Å². The molecule has 0 heterocycles. The molecular formula is C16H24O4. The van der Waals surface area contributed by atoms with E-state index in [4.69, 9.17) is 5.11 Å². The van der Waals surface area contributed by atoms with Gasteiger partial charge < -0.3 is 15.3 Å². The van der Waals surface area contributed by atoms with E-state index < -0.39 is 5.97 Å². The monoisotopic (exact) mass is 280 g/mol. The van der Waals surface area contributed by atoms with E-state index in [1.807, 2.05) is 0 Å². The fourth-order valence-electron chi connectivity index (χ4n) is 2.34. The number of rotatable bonds is 9. The fraction of sp³-hybridized carbons (Fsp3) is 0.562. The van der Waals surface area contributed by atoms with Crippen molar-refractivity contribution >= 4 is 5.97 Å². The molecule has 0 atom stereocenters. The van der Waals surface area contributed by atoms with Crippen LogP contribution in [-0.2, 0) is 6.42 Å². The maximum Gasteiger partial charge on any atom is 0.336 e. The van der Waals surface area contributed by atoms with Crippen molar-refractivity contribution < 1.29 is 20.1 Å². The van der Waals surface area contributed by atoms with Gasteiger partial charge in [-0.05, 0) is 25.0 Å². The van der Waals surface area contributed by atoms with Gasteiger partial charge in [0.1, 0.15) is 0 Å². The zero-order valence-electron chi connectivity index (χ0n) is 12.1. The third-order valence-corrected chi connectivity index (χ3v) is 3.52. The highest BCUT2D eigenvalue weighted by Gasteiger charge is 2.16. The summed E-state index contributed by atoms with van der Waals surface area (Å²) < 4.78 is 0. The summed E-state index contributed by atoms with van der Waals surface area (Å²) in [6.45, 7) is 2.18. The first kappa shape index (κ1) is 16.3. The first-order valence-corrected chi connectivity index (χ1v) is 7.35. The highest BCUT2D eigenvalue weighted by atomic mass is 16.4. The number of phenolic OH excluding ortho intramolecular Hbond substituents is 2. The Kier molecular flexibility index (Phi) is 6.91. The standard InChI is InChI=1S/C16H24O4/c1-2-3-4-5-6-7-8-9-12-13(16(19)20)10-11-14(17)15(12)18/h10-11,17-18H,2-9H2,1H3,(H,19,20). The number of carboxylic acids is 1. The molecule has 0 spiro atoms. The number of unbranched alkanes of at least 4 members (excludes halogenated alkanes) is 6. The van der Waals surface area contributed by atoms with Gasteiger partial charge in [-0.1, -0.05) is 45.4 Å². The Morgan fingerprint density at radius 3 is 2.20 bits per heavy atom. The SMILES string of the molecule is CCCCCCCCCc1c(C(=O)O)ccc(O)c1O. The molecule has 0 bridgehead atoms. The molecule has 0 amide bonds. The molecule has 0 saturated carbocycles. The first-order valence-electron chi connectivity index (χ1n) is 7.35. The Morgan fingerprint density at radius 2 is 1.60 bits per heavy atom. The fourth-order valence-corrected chi connectivity index (χ4v) is 2.34. The van der Waals surface area contributed by atoms with Crippen LogP contribution >= 0.6 is 0 Å². The average Bonchev–Trinajstić information content (AvgIpc) is 2.42. The van der Waals surface area contributed by atoms with Crippen LogP contribution in [0.3, 0.4) is 0 Å². The molecule has 0 saturated heterocycles. The van der Waals surface area contributed by atoms with Crippen LogP contribution in [0.2, 0.25) is 0 Å². The van der Waals surface area contributed by atoms with Crippen LogP contribution in [0.5, 0.6) is 11.5 Å². The van der Waals surface area contributed by atoms with Gasteiger partial charge in [0.2, 0.25) is 0 Å². The molecule has 0 aliphatic rings. The number of carbonyl (C=O) groups is 1. The Balaban J connectivity index is 2.50. The normalized spacial score (nSPS) is 10.7. The summed E-state index contributed by atoms with van der Waals surface area (Å²) in [4.78, 5) is 11.1. The van der Waals surface area contributed by atoms with Gasteiger partial charge in [0, 0.05) is 5.56 Å². The topological polar surface area (TPSA) is 77.8 Å². The zero-order valence-corrected chi connectivity index (χ0v) is 12.1. The molecule has 1 aromatic carbocycles. The molecule has 0 radical (unpaired) electrons. The van der Waals surface area contributed by atoms with Gasteiger partial charge in [-0.25, -0.2) is 4.79 Å². The van der Waals surface area contributed by atoms with Gasteiger partial charge >= 0.3 is 5.97 Å². The van der Waals surface area contributed by atoms with E-state index in [0.29, 0.717) is 12.0 Å². The molecule has 4 nitrogen and oxygen atoms in total. The second-order valence-corrected chi connectivity index (χ2v) is 5.14. The Labute approximate surface area is 120 Å². The maximum atomic E-state index is 11.1. The van der Waals surface area contributed by atoms with Gasteiger partial charge in [0.15, 0.2) is 11.5 Å². The number of benzene rings is 1. The Bertz CT molecular complexity index is 440. The van der Waals surface area contributed by atoms with E-state index in [9.17, 15) is 15.0 Å². The van der Waals surface area contributed by atoms with Gasteiger partial charge in [-0.15, -0.1) is 0 Å². The largest absolute Gasteiger partial charge is 0.504 e. The van der Waals surface area contributed by atoms with Crippen molar-refractivity contribution in [3.63, 3.8) is 0 Å². The molecular weight excluding hydrogens is 256 g/mol. The molecule has 1 rings (SSSR count). The van der Waals surface area contributed by atoms with E-state index in [2.05, 4.69) is 6.92 Å². The molecule has 0 fully saturated rings. The lowest BCUT2D eigenvalue weighted by molar-refractivity contribution is 0.0695. The predicted octanol–water partition coefficient (Wildman–Crippen LogP) is 4.09. The summed E-state index contributed by atoms with van der Waals surface area (Å²) in [5.41, 5.74) is 0.414. The molecule has 112 valence electrons. The van der Waals surface area contributed by atoms with Crippen molar-refractivity contribution in [2.75, 3.05) is 0 Å². The van der Waals surface area contributed by atoms with E-state index >= 15 is 0 Å². The minimum absolute atomic E-state index is 0.0753. The zero-order chi connectivity index (χ0) is 15.0. The van der Waals surface area contributed by atoms with Gasteiger partial charge in [-0.3, -0.25) is 0 Å². The number of hydrogen-bond donors (Lipinski definition) is 3. The van der Waals surface area contributed by atoms with Gasteiger partial charge in [0.25, 0.3) is 0 Å². The van der Waals surface area contributed by atoms with Crippen LogP contribution in [0, 0.1) is 0 Å². The molecule has 20 heavy (non-hydrogen) atoms. The summed E-state index contributed by atoms with van der Waals surface area (Å²) >= 11 is 0. The summed E-state index contributed by atoms with van der Waals surface area (Å²) in [5.74, 6) is -1.62. The quantitative estimate of drug-likeness (QED) is 0.470. The molecule has 4 heteroatoms. The van der Waals surface area contributed by atoms with E-state index in [1.54, 1.807) is 0 Å². The summed E-state index contributed by atoms with van der Waals surface area (Å²) in [5, 5.41) is 28.3. The Hall–Kier alpha value is -1.71. The van der Waals surface area contributed by atoms with Crippen LogP contribution in [-0.4, -0.2) is 21.3 Å². The number of hydrogen-bond acceptors (Lipinski definition) is 3. The smallest absolute Gasteiger partial charge is 0.336 e. The lowest BCUT2D eigenvalue weighted by Gasteiger charge is -2.10. The molecule has 0 aromatic heterocycles. The van der Waals surface area contributed by atoms with Gasteiger partial charge in [0.05, 0.1) is 5.56 Å². The van der Waals surface area contributed by atoms with E-state index in [0.717, 1.165) is 19.3 Å². The molecule has 0 aliphatic heterocycles. The van der Waals surface area contributed by atoms with Crippen LogP contribution in [0.25, 0.3) is 0 Å². The van der Waals surface area contributed by atoms with Crippen molar-refractivity contribution in [1.82, 2.24) is 0 Å². The highest BCUT2D eigenvalue weighted by molar-refractivity contribution is 5.90. The number of carboxylic acid groups (broad SMARTS) is 1. The van der Waals surface area contributed by atoms with Crippen LogP contribution in [0.1, 0.15) is 67.8 Å². The van der Waals surface area contributed by atoms with Crippen LogP contribution in [0.4, 0.5) is 0 Å². The minimum Gasteiger partial charge on any atom is -0.504 e. The first-order chi connectivity index (χ1) is 9.57. The van der Waals surface area contributed by atoms with Crippen LogP contribution in [0.15, 0.2) is 12.1 Å². The second kappa shape index (κ2) is 8.46. The Morgan fingerprint density at radius 1 is 1.00 bits per heavy atom. The van der Waals surface area contributed by atoms with Crippen molar-refractivity contribution in [3.05, 3.63) is 23.3 Å². The van der Waals surface area contributed by atoms with Crippen LogP contribution < -0.4 is 0 Å². The predicted molar refractivity (Wildman–Crippen MR) is 78.4 cm³/mol. The van der Waals surface area contributed by atoms with Gasteiger partial charge in [-0.2, -0.15) is 0 Å². The maximum absolute atomic E-state index is 11.1. The highest BCUT2D eigenvalue weighted by Crippen LogP contribution is 2.32. The summed E-state index contributed by atoms with van der Waals surface area (Å²) in [7, 11) is 0. The number of aromatic hydroxyl groups is 2.